The van der Waals surface area contributed by atoms with Crippen molar-refractivity contribution in [1.82, 2.24) is 0 Å². The number of phosphoric ester groups is 1. The second-order valence-corrected chi connectivity index (χ2v) is 16.2. The molecule has 1 unspecified atom stereocenters. The summed E-state index contributed by atoms with van der Waals surface area (Å²) in [6.07, 6.45) is 40.5. The predicted molar refractivity (Wildman–Crippen MR) is 212 cm³/mol. The third-order valence-corrected chi connectivity index (χ3v) is 10.6. The highest BCUT2D eigenvalue weighted by molar-refractivity contribution is 7.47. The van der Waals surface area contributed by atoms with Gasteiger partial charge in [-0.2, -0.15) is 0 Å². The average molecular weight is 733 g/mol. The van der Waals surface area contributed by atoms with E-state index in [4.69, 9.17) is 18.5 Å². The number of carbonyl (C=O) groups excluding carboxylic acids is 1. The van der Waals surface area contributed by atoms with Crippen molar-refractivity contribution in [3.8, 4) is 0 Å². The first-order valence-electron chi connectivity index (χ1n) is 21.8. The van der Waals surface area contributed by atoms with Crippen LogP contribution in [-0.2, 0) is 27.9 Å². The topological polar surface area (TPSA) is 91.3 Å². The van der Waals surface area contributed by atoms with Crippen LogP contribution in [0.25, 0.3) is 0 Å². The van der Waals surface area contributed by atoms with Crippen LogP contribution in [0.1, 0.15) is 233 Å². The maximum Gasteiger partial charge on any atom is 0.472 e. The summed E-state index contributed by atoms with van der Waals surface area (Å²) in [5.74, 6) is -0.304. The van der Waals surface area contributed by atoms with E-state index in [0.717, 1.165) is 32.1 Å². The maximum absolute atomic E-state index is 12.6. The van der Waals surface area contributed by atoms with Gasteiger partial charge in [0.2, 0.25) is 0 Å². The Hall–Kier alpha value is -0.460. The lowest BCUT2D eigenvalue weighted by atomic mass is 10.0. The Morgan fingerprint density at radius 3 is 1.20 bits per heavy atom. The number of rotatable bonds is 42. The van der Waals surface area contributed by atoms with Crippen LogP contribution in [0.3, 0.4) is 0 Å². The SMILES string of the molecule is CCCCCCCCCCCCCCCCCCCC(=O)O[C@H](COCCCCCCCCCCCCCCCC)COP(=O)(O)OCCC. The molecule has 0 bridgehead atoms. The second-order valence-electron chi connectivity index (χ2n) is 14.8. The first-order chi connectivity index (χ1) is 24.4. The Morgan fingerprint density at radius 1 is 0.460 bits per heavy atom. The van der Waals surface area contributed by atoms with Gasteiger partial charge in [-0.25, -0.2) is 4.57 Å². The van der Waals surface area contributed by atoms with Crippen molar-refractivity contribution < 1.29 is 32.8 Å². The van der Waals surface area contributed by atoms with Crippen LogP contribution in [0.5, 0.6) is 0 Å². The van der Waals surface area contributed by atoms with Crippen LogP contribution >= 0.6 is 7.82 Å². The van der Waals surface area contributed by atoms with E-state index >= 15 is 0 Å². The van der Waals surface area contributed by atoms with Gasteiger partial charge < -0.3 is 14.4 Å². The molecule has 0 aliphatic carbocycles. The zero-order valence-corrected chi connectivity index (χ0v) is 34.5. The third kappa shape index (κ3) is 38.8. The molecule has 0 aliphatic heterocycles. The summed E-state index contributed by atoms with van der Waals surface area (Å²) in [7, 11) is -4.19. The van der Waals surface area contributed by atoms with Gasteiger partial charge in [-0.05, 0) is 19.3 Å². The fourth-order valence-corrected chi connectivity index (χ4v) is 7.23. The van der Waals surface area contributed by atoms with E-state index in [1.165, 1.54) is 167 Å². The lowest BCUT2D eigenvalue weighted by molar-refractivity contribution is -0.154. The van der Waals surface area contributed by atoms with Crippen molar-refractivity contribution in [3.63, 3.8) is 0 Å². The molecule has 0 aromatic carbocycles. The summed E-state index contributed by atoms with van der Waals surface area (Å²) >= 11 is 0. The van der Waals surface area contributed by atoms with Gasteiger partial charge in [0.15, 0.2) is 0 Å². The molecule has 0 aromatic rings. The molecule has 0 aliphatic rings. The molecule has 50 heavy (non-hydrogen) atoms. The van der Waals surface area contributed by atoms with E-state index in [9.17, 15) is 14.3 Å². The molecule has 2 atom stereocenters. The van der Waals surface area contributed by atoms with Crippen molar-refractivity contribution in [3.05, 3.63) is 0 Å². The van der Waals surface area contributed by atoms with Gasteiger partial charge in [-0.1, -0.05) is 207 Å². The number of hydrogen-bond donors (Lipinski definition) is 1. The third-order valence-electron chi connectivity index (χ3n) is 9.61. The van der Waals surface area contributed by atoms with Gasteiger partial charge in [0.05, 0.1) is 19.8 Å². The number of unbranched alkanes of at least 4 members (excludes halogenated alkanes) is 29. The summed E-state index contributed by atoms with van der Waals surface area (Å²) in [5.41, 5.74) is 0. The molecule has 0 radical (unpaired) electrons. The van der Waals surface area contributed by atoms with Crippen LogP contribution in [0, 0.1) is 0 Å². The number of hydrogen-bond acceptors (Lipinski definition) is 6. The summed E-state index contributed by atoms with van der Waals surface area (Å²) in [6, 6.07) is 0. The molecule has 0 saturated heterocycles. The molecule has 0 rings (SSSR count). The summed E-state index contributed by atoms with van der Waals surface area (Å²) < 4.78 is 33.7. The molecule has 0 aromatic heterocycles. The molecular weight excluding hydrogens is 647 g/mol. The molecule has 1 N–H and O–H groups in total. The minimum absolute atomic E-state index is 0.132. The van der Waals surface area contributed by atoms with Crippen molar-refractivity contribution in [2.24, 2.45) is 0 Å². The molecule has 0 amide bonds. The largest absolute Gasteiger partial charge is 0.472 e. The lowest BCUT2D eigenvalue weighted by Gasteiger charge is -2.20. The van der Waals surface area contributed by atoms with E-state index in [-0.39, 0.29) is 25.8 Å². The van der Waals surface area contributed by atoms with Crippen LogP contribution in [0.4, 0.5) is 0 Å². The first kappa shape index (κ1) is 49.5. The minimum atomic E-state index is -4.19. The number of esters is 1. The highest BCUT2D eigenvalue weighted by Gasteiger charge is 2.25. The lowest BCUT2D eigenvalue weighted by Crippen LogP contribution is -2.28. The standard InChI is InChI=1S/C42H85O7P/c1-4-7-9-11-13-15-17-19-21-22-23-24-26-28-30-32-34-36-42(43)49-41(40-48-50(44,45)47-37-6-3)39-46-38-35-33-31-29-27-25-20-18-16-14-12-10-8-5-2/h41H,4-40H2,1-3H3,(H,44,45)/t41-/m1/s1. The monoisotopic (exact) mass is 733 g/mol. The zero-order chi connectivity index (χ0) is 36.6. The van der Waals surface area contributed by atoms with E-state index < -0.39 is 13.9 Å². The van der Waals surface area contributed by atoms with E-state index in [1.54, 1.807) is 0 Å². The second kappa shape index (κ2) is 39.7. The van der Waals surface area contributed by atoms with Crippen LogP contribution in [0.2, 0.25) is 0 Å². The average Bonchev–Trinajstić information content (AvgIpc) is 3.10. The molecule has 300 valence electrons. The molecule has 0 fully saturated rings. The van der Waals surface area contributed by atoms with Crippen molar-refractivity contribution in [2.45, 2.75) is 239 Å². The fourth-order valence-electron chi connectivity index (χ4n) is 6.39. The molecule has 8 heteroatoms. The van der Waals surface area contributed by atoms with E-state index in [2.05, 4.69) is 13.8 Å². The Bertz CT molecular complexity index is 735. The Kier molecular flexibility index (Phi) is 39.4. The van der Waals surface area contributed by atoms with E-state index in [0.29, 0.717) is 19.4 Å². The molecule has 0 heterocycles. The Balaban J connectivity index is 3.97. The zero-order valence-electron chi connectivity index (χ0n) is 33.6. The number of phosphoric acid groups is 1. The summed E-state index contributed by atoms with van der Waals surface area (Å²) in [4.78, 5) is 22.5. The normalized spacial score (nSPS) is 13.4. The summed E-state index contributed by atoms with van der Waals surface area (Å²) in [6.45, 7) is 7.04. The van der Waals surface area contributed by atoms with Gasteiger partial charge in [0.1, 0.15) is 6.10 Å². The minimum Gasteiger partial charge on any atom is -0.457 e. The van der Waals surface area contributed by atoms with Crippen LogP contribution < -0.4 is 0 Å². The smallest absolute Gasteiger partial charge is 0.457 e. The quantitative estimate of drug-likeness (QED) is 0.0379. The fraction of sp³-hybridized carbons (Fsp3) is 0.976. The van der Waals surface area contributed by atoms with Gasteiger partial charge in [-0.15, -0.1) is 0 Å². The van der Waals surface area contributed by atoms with Gasteiger partial charge in [0, 0.05) is 13.0 Å². The van der Waals surface area contributed by atoms with E-state index in [1.807, 2.05) is 6.92 Å². The number of carbonyl (C=O) groups is 1. The molecule has 0 saturated carbocycles. The van der Waals surface area contributed by atoms with Crippen molar-refractivity contribution >= 4 is 13.8 Å². The van der Waals surface area contributed by atoms with Gasteiger partial charge >= 0.3 is 13.8 Å². The van der Waals surface area contributed by atoms with Gasteiger partial charge in [0.25, 0.3) is 0 Å². The van der Waals surface area contributed by atoms with Crippen molar-refractivity contribution in [2.75, 3.05) is 26.4 Å². The van der Waals surface area contributed by atoms with Gasteiger partial charge in [-0.3, -0.25) is 13.8 Å². The molecule has 7 nitrogen and oxygen atoms in total. The summed E-state index contributed by atoms with van der Waals surface area (Å²) in [5, 5.41) is 0. The molecule has 0 spiro atoms. The van der Waals surface area contributed by atoms with Crippen LogP contribution in [-0.4, -0.2) is 43.4 Å². The highest BCUT2D eigenvalue weighted by atomic mass is 31.2. The number of ether oxygens (including phenoxy) is 2. The van der Waals surface area contributed by atoms with Crippen molar-refractivity contribution in [1.29, 1.82) is 0 Å². The van der Waals surface area contributed by atoms with Crippen LogP contribution in [0.15, 0.2) is 0 Å². The predicted octanol–water partition coefficient (Wildman–Crippen LogP) is 14.0. The highest BCUT2D eigenvalue weighted by Crippen LogP contribution is 2.43. The Morgan fingerprint density at radius 2 is 0.820 bits per heavy atom. The first-order valence-corrected chi connectivity index (χ1v) is 23.3. The Labute approximate surface area is 311 Å². The molecular formula is C42H85O7P. The maximum atomic E-state index is 12.6.